The predicted molar refractivity (Wildman–Crippen MR) is 177 cm³/mol. The van der Waals surface area contributed by atoms with Gasteiger partial charge in [-0.15, -0.1) is 0 Å². The first-order chi connectivity index (χ1) is 22.2. The molecular formula is C32H32Cl2FN7O5. The molecule has 246 valence electrons. The minimum absolute atomic E-state index is 0.0925. The number of hydrogen-bond acceptors (Lipinski definition) is 8. The summed E-state index contributed by atoms with van der Waals surface area (Å²) < 4.78 is 21.6. The second-order valence-corrected chi connectivity index (χ2v) is 12.2. The standard InChI is InChI=1S/C27H27ClFN5O5.C5H5ClN2/c1-27(2,3)39-26(38)33-14-18(19(15-33)25(37)32-22-10-7-16(28)13-30-22)24(36)31-21-9-8-17(12-20(21)29)34-11-5-4-6-23(34)35;6-5-2-1-4(7)3-8-5/h4-13,18-19H,14-15H2,1-3H3,(H,31,36)(H,30,32,37);1-3H,7H2/t18-,19-;/m0./s1. The molecule has 4 aromatic rings. The van der Waals surface area contributed by atoms with E-state index in [9.17, 15) is 23.6 Å². The number of amides is 3. The highest BCUT2D eigenvalue weighted by Gasteiger charge is 2.45. The second kappa shape index (κ2) is 15.1. The van der Waals surface area contributed by atoms with Crippen LogP contribution in [-0.4, -0.2) is 56.0 Å². The Balaban J connectivity index is 0.000000546. The van der Waals surface area contributed by atoms with E-state index in [4.69, 9.17) is 33.7 Å². The van der Waals surface area contributed by atoms with Crippen LogP contribution in [0.25, 0.3) is 5.69 Å². The monoisotopic (exact) mass is 683 g/mol. The summed E-state index contributed by atoms with van der Waals surface area (Å²) in [5.41, 5.74) is 4.96. The van der Waals surface area contributed by atoms with Gasteiger partial charge in [0.25, 0.3) is 5.56 Å². The summed E-state index contributed by atoms with van der Waals surface area (Å²) >= 11 is 11.3. The van der Waals surface area contributed by atoms with Crippen LogP contribution in [0.15, 0.2) is 84.0 Å². The van der Waals surface area contributed by atoms with Crippen molar-refractivity contribution in [2.75, 3.05) is 29.5 Å². The number of anilines is 3. The SMILES string of the molecule is CC(C)(C)OC(=O)N1C[C@H](C(=O)Nc2ccc(Cl)cn2)[C@@H](C(=O)Nc2ccc(-n3ccccc3=O)cc2F)C1.Nc1ccc(Cl)nc1. The van der Waals surface area contributed by atoms with Crippen molar-refractivity contribution in [3.8, 4) is 5.69 Å². The number of hydrogen-bond donors (Lipinski definition) is 3. The highest BCUT2D eigenvalue weighted by molar-refractivity contribution is 6.30. The Bertz CT molecular complexity index is 1780. The normalized spacial score (nSPS) is 15.7. The van der Waals surface area contributed by atoms with Crippen LogP contribution in [0.2, 0.25) is 10.2 Å². The molecule has 2 atom stereocenters. The maximum absolute atomic E-state index is 15.0. The van der Waals surface area contributed by atoms with E-state index in [2.05, 4.69) is 20.6 Å². The molecule has 1 aromatic carbocycles. The van der Waals surface area contributed by atoms with Crippen molar-refractivity contribution in [1.82, 2.24) is 19.4 Å². The zero-order chi connectivity index (χ0) is 34.3. The summed E-state index contributed by atoms with van der Waals surface area (Å²) in [5, 5.41) is 6.01. The largest absolute Gasteiger partial charge is 0.444 e. The Morgan fingerprint density at radius 1 is 0.936 bits per heavy atom. The lowest BCUT2D eigenvalue weighted by molar-refractivity contribution is -0.127. The molecule has 1 aliphatic rings. The van der Waals surface area contributed by atoms with Crippen LogP contribution < -0.4 is 21.9 Å². The number of ether oxygens (including phenoxy) is 1. The summed E-state index contributed by atoms with van der Waals surface area (Å²) in [6, 6.07) is 14.9. The van der Waals surface area contributed by atoms with E-state index >= 15 is 0 Å². The van der Waals surface area contributed by atoms with Crippen molar-refractivity contribution in [2.24, 2.45) is 11.8 Å². The number of carbonyl (C=O) groups is 3. The van der Waals surface area contributed by atoms with Gasteiger partial charge in [-0.05, 0) is 63.2 Å². The molecule has 1 aliphatic heterocycles. The fraction of sp³-hybridized carbons (Fsp3) is 0.250. The molecule has 12 nitrogen and oxygen atoms in total. The number of likely N-dealkylation sites (tertiary alicyclic amines) is 1. The molecule has 4 N–H and O–H groups in total. The Hall–Kier alpha value is -5.01. The number of rotatable bonds is 5. The predicted octanol–water partition coefficient (Wildman–Crippen LogP) is 5.40. The van der Waals surface area contributed by atoms with Crippen LogP contribution in [-0.2, 0) is 14.3 Å². The number of carbonyl (C=O) groups excluding carboxylic acids is 3. The average molecular weight is 685 g/mol. The van der Waals surface area contributed by atoms with Crippen molar-refractivity contribution in [3.63, 3.8) is 0 Å². The quantitative estimate of drug-likeness (QED) is 0.236. The van der Waals surface area contributed by atoms with Gasteiger partial charge in [0, 0.05) is 37.6 Å². The van der Waals surface area contributed by atoms with E-state index in [1.807, 2.05) is 0 Å². The van der Waals surface area contributed by atoms with Crippen LogP contribution in [0.1, 0.15) is 20.8 Å². The minimum atomic E-state index is -1.01. The van der Waals surface area contributed by atoms with Gasteiger partial charge >= 0.3 is 6.09 Å². The molecule has 3 amide bonds. The second-order valence-electron chi connectivity index (χ2n) is 11.4. The first-order valence-electron chi connectivity index (χ1n) is 14.3. The summed E-state index contributed by atoms with van der Waals surface area (Å²) in [4.78, 5) is 60.3. The molecule has 4 heterocycles. The van der Waals surface area contributed by atoms with E-state index in [1.165, 1.54) is 52.3 Å². The third kappa shape index (κ3) is 9.74. The Kier molecular flexibility index (Phi) is 11.2. The van der Waals surface area contributed by atoms with Gasteiger partial charge in [0.15, 0.2) is 0 Å². The van der Waals surface area contributed by atoms with Gasteiger partial charge in [-0.1, -0.05) is 29.3 Å². The smallest absolute Gasteiger partial charge is 0.410 e. The maximum Gasteiger partial charge on any atom is 0.410 e. The lowest BCUT2D eigenvalue weighted by Gasteiger charge is -2.24. The van der Waals surface area contributed by atoms with Crippen LogP contribution >= 0.6 is 23.2 Å². The number of halogens is 3. The van der Waals surface area contributed by atoms with Crippen molar-refractivity contribution in [2.45, 2.75) is 26.4 Å². The average Bonchev–Trinajstić information content (AvgIpc) is 3.47. The van der Waals surface area contributed by atoms with E-state index in [0.717, 1.165) is 6.07 Å². The Morgan fingerprint density at radius 3 is 2.19 bits per heavy atom. The summed E-state index contributed by atoms with van der Waals surface area (Å²) in [6.07, 6.45) is 3.70. The van der Waals surface area contributed by atoms with Crippen molar-refractivity contribution in [1.29, 1.82) is 0 Å². The van der Waals surface area contributed by atoms with Crippen molar-refractivity contribution < 1.29 is 23.5 Å². The number of nitrogen functional groups attached to an aromatic ring is 1. The molecule has 3 aromatic heterocycles. The summed E-state index contributed by atoms with van der Waals surface area (Å²) in [7, 11) is 0. The molecule has 47 heavy (non-hydrogen) atoms. The molecule has 0 spiro atoms. The Labute approximate surface area is 279 Å². The first kappa shape index (κ1) is 34.9. The fourth-order valence-electron chi connectivity index (χ4n) is 4.49. The topological polar surface area (TPSA) is 162 Å². The number of nitrogens with zero attached hydrogens (tertiary/aromatic N) is 4. The minimum Gasteiger partial charge on any atom is -0.444 e. The van der Waals surface area contributed by atoms with Crippen molar-refractivity contribution in [3.05, 3.63) is 106 Å². The van der Waals surface area contributed by atoms with Gasteiger partial charge in [0.05, 0.1) is 40.1 Å². The number of nitrogens with one attached hydrogen (secondary N) is 2. The molecule has 0 unspecified atom stereocenters. The number of aromatic nitrogens is 3. The van der Waals surface area contributed by atoms with E-state index < -0.39 is 41.2 Å². The molecule has 5 rings (SSSR count). The molecule has 1 saturated heterocycles. The number of pyridine rings is 3. The van der Waals surface area contributed by atoms with E-state index in [1.54, 1.807) is 51.1 Å². The van der Waals surface area contributed by atoms with Gasteiger partial charge < -0.3 is 26.0 Å². The van der Waals surface area contributed by atoms with Gasteiger partial charge in [-0.2, -0.15) is 0 Å². The van der Waals surface area contributed by atoms with Gasteiger partial charge in [0.1, 0.15) is 22.4 Å². The lowest BCUT2D eigenvalue weighted by Crippen LogP contribution is -2.36. The van der Waals surface area contributed by atoms with Gasteiger partial charge in [-0.3, -0.25) is 19.0 Å². The summed E-state index contributed by atoms with van der Waals surface area (Å²) in [5.74, 6) is -3.74. The van der Waals surface area contributed by atoms with Gasteiger partial charge in [0.2, 0.25) is 11.8 Å². The highest BCUT2D eigenvalue weighted by Crippen LogP contribution is 2.29. The summed E-state index contributed by atoms with van der Waals surface area (Å²) in [6.45, 7) is 4.91. The molecule has 0 radical (unpaired) electrons. The fourth-order valence-corrected chi connectivity index (χ4v) is 4.71. The number of benzene rings is 1. The number of nitrogens with two attached hydrogens (primary N) is 1. The third-order valence-corrected chi connectivity index (χ3v) is 7.13. The molecule has 0 saturated carbocycles. The van der Waals surface area contributed by atoms with E-state index in [-0.39, 0.29) is 35.8 Å². The highest BCUT2D eigenvalue weighted by atomic mass is 35.5. The van der Waals surface area contributed by atoms with Crippen LogP contribution in [0.3, 0.4) is 0 Å². The maximum atomic E-state index is 15.0. The van der Waals surface area contributed by atoms with Crippen molar-refractivity contribution >= 4 is 58.3 Å². The van der Waals surface area contributed by atoms with Crippen LogP contribution in [0, 0.1) is 17.7 Å². The molecular weight excluding hydrogens is 652 g/mol. The van der Waals surface area contributed by atoms with Crippen LogP contribution in [0.5, 0.6) is 0 Å². The molecule has 15 heteroatoms. The Morgan fingerprint density at radius 2 is 1.64 bits per heavy atom. The molecule has 1 fully saturated rings. The zero-order valence-corrected chi connectivity index (χ0v) is 27.1. The third-order valence-electron chi connectivity index (χ3n) is 6.69. The van der Waals surface area contributed by atoms with E-state index in [0.29, 0.717) is 15.9 Å². The zero-order valence-electron chi connectivity index (χ0n) is 25.6. The molecule has 0 bridgehead atoms. The lowest BCUT2D eigenvalue weighted by atomic mass is 9.94. The van der Waals surface area contributed by atoms with Gasteiger partial charge in [-0.25, -0.2) is 19.2 Å². The first-order valence-corrected chi connectivity index (χ1v) is 15.0. The van der Waals surface area contributed by atoms with Crippen LogP contribution in [0.4, 0.5) is 26.4 Å². The molecule has 0 aliphatic carbocycles.